The number of carbonyl (C=O) groups excluding carboxylic acids is 2. The topological polar surface area (TPSA) is 93.7 Å². The van der Waals surface area contributed by atoms with Gasteiger partial charge in [-0.1, -0.05) is 26.0 Å². The van der Waals surface area contributed by atoms with Gasteiger partial charge in [-0.25, -0.2) is 4.39 Å². The number of piperazine rings is 1. The van der Waals surface area contributed by atoms with Crippen LogP contribution in [0.3, 0.4) is 0 Å². The average molecular weight is 440 g/mol. The van der Waals surface area contributed by atoms with Crippen LogP contribution in [0.1, 0.15) is 44.7 Å². The lowest BCUT2D eigenvalue weighted by Crippen LogP contribution is -2.57. The molecule has 1 aromatic rings. The zero-order valence-electron chi connectivity index (χ0n) is 18.5. The van der Waals surface area contributed by atoms with Crippen molar-refractivity contribution in [2.45, 2.75) is 69.4 Å². The van der Waals surface area contributed by atoms with E-state index in [-0.39, 0.29) is 53.8 Å². The lowest BCUT2D eigenvalue weighted by Gasteiger charge is -2.41. The van der Waals surface area contributed by atoms with E-state index in [1.54, 1.807) is 17.0 Å². The third-order valence-electron chi connectivity index (χ3n) is 7.71. The molecular formula is C24H30FN5O2. The van der Waals surface area contributed by atoms with Crippen molar-refractivity contribution < 1.29 is 14.0 Å². The molecule has 1 unspecified atom stereocenters. The summed E-state index contributed by atoms with van der Waals surface area (Å²) in [5.74, 6) is 0.241. The maximum atomic E-state index is 13.4. The molecule has 0 spiro atoms. The SMILES string of the molecule is CC(C)[C@@H](c1ccc(F)cc1)N1C(=O)[C@@H]2C[C@H]1CN2C[C@H](N)C(=O)N1[C@H](C#N)CC2C[C@@H]21. The Bertz CT molecular complexity index is 960. The van der Waals surface area contributed by atoms with E-state index < -0.39 is 6.04 Å². The molecule has 170 valence electrons. The fraction of sp³-hybridized carbons (Fsp3) is 0.625. The number of rotatable bonds is 6. The second kappa shape index (κ2) is 7.82. The number of hydrogen-bond donors (Lipinski definition) is 1. The van der Waals surface area contributed by atoms with Crippen LogP contribution in [0.25, 0.3) is 0 Å². The first kappa shape index (κ1) is 21.4. The molecule has 2 bridgehead atoms. The molecule has 8 heteroatoms. The maximum Gasteiger partial charge on any atom is 0.242 e. The van der Waals surface area contributed by atoms with Crippen molar-refractivity contribution in [3.05, 3.63) is 35.6 Å². The summed E-state index contributed by atoms with van der Waals surface area (Å²) in [6, 6.07) is 7.39. The molecule has 1 saturated carbocycles. The Morgan fingerprint density at radius 3 is 2.59 bits per heavy atom. The minimum Gasteiger partial charge on any atom is -0.330 e. The van der Waals surface area contributed by atoms with Crippen LogP contribution in [0.5, 0.6) is 0 Å². The summed E-state index contributed by atoms with van der Waals surface area (Å²) in [7, 11) is 0. The Balaban J connectivity index is 1.27. The molecule has 0 aromatic heterocycles. The molecule has 3 aliphatic heterocycles. The van der Waals surface area contributed by atoms with Crippen LogP contribution >= 0.6 is 0 Å². The molecular weight excluding hydrogens is 409 g/mol. The van der Waals surface area contributed by atoms with Gasteiger partial charge in [-0.3, -0.25) is 14.5 Å². The monoisotopic (exact) mass is 439 g/mol. The van der Waals surface area contributed by atoms with Crippen molar-refractivity contribution in [3.63, 3.8) is 0 Å². The van der Waals surface area contributed by atoms with Crippen LogP contribution in [0.15, 0.2) is 24.3 Å². The van der Waals surface area contributed by atoms with E-state index >= 15 is 0 Å². The highest BCUT2D eigenvalue weighted by atomic mass is 19.1. The fourth-order valence-electron chi connectivity index (χ4n) is 6.19. The van der Waals surface area contributed by atoms with Gasteiger partial charge in [0.25, 0.3) is 0 Å². The first-order valence-electron chi connectivity index (χ1n) is 11.6. The molecule has 4 fully saturated rings. The Hall–Kier alpha value is -2.50. The van der Waals surface area contributed by atoms with E-state index in [1.807, 2.05) is 9.80 Å². The third kappa shape index (κ3) is 3.39. The van der Waals surface area contributed by atoms with E-state index in [0.29, 0.717) is 19.0 Å². The Labute approximate surface area is 187 Å². The summed E-state index contributed by atoms with van der Waals surface area (Å²) < 4.78 is 13.4. The van der Waals surface area contributed by atoms with Crippen LogP contribution in [0.4, 0.5) is 4.39 Å². The normalized spacial score (nSPS) is 32.9. The van der Waals surface area contributed by atoms with Crippen LogP contribution in [0, 0.1) is 29.0 Å². The second-order valence-corrected chi connectivity index (χ2v) is 10.1. The summed E-state index contributed by atoms with van der Waals surface area (Å²) in [6.07, 6.45) is 2.44. The average Bonchev–Trinajstić information content (AvgIpc) is 3.10. The number of nitrogens with zero attached hydrogens (tertiary/aromatic N) is 4. The predicted octanol–water partition coefficient (Wildman–Crippen LogP) is 1.65. The number of nitrogens with two attached hydrogens (primary N) is 1. The minimum absolute atomic E-state index is 0.0544. The summed E-state index contributed by atoms with van der Waals surface area (Å²) in [5, 5.41) is 9.38. The molecule has 1 aromatic carbocycles. The van der Waals surface area contributed by atoms with Gasteiger partial charge in [0.15, 0.2) is 0 Å². The number of likely N-dealkylation sites (tertiary alicyclic amines) is 3. The van der Waals surface area contributed by atoms with Gasteiger partial charge in [0.05, 0.1) is 24.2 Å². The molecule has 2 amide bonds. The summed E-state index contributed by atoms with van der Waals surface area (Å²) >= 11 is 0. The quantitative estimate of drug-likeness (QED) is 0.728. The number of nitriles is 1. The molecule has 5 rings (SSSR count). The van der Waals surface area contributed by atoms with Crippen molar-refractivity contribution in [2.75, 3.05) is 13.1 Å². The predicted molar refractivity (Wildman–Crippen MR) is 115 cm³/mol. The van der Waals surface area contributed by atoms with Crippen molar-refractivity contribution >= 4 is 11.8 Å². The zero-order valence-corrected chi connectivity index (χ0v) is 18.5. The number of halogens is 1. The summed E-state index contributed by atoms with van der Waals surface area (Å²) in [6.45, 7) is 5.16. The lowest BCUT2D eigenvalue weighted by molar-refractivity contribution is -0.142. The first-order chi connectivity index (χ1) is 15.3. The minimum atomic E-state index is -0.733. The van der Waals surface area contributed by atoms with Gasteiger partial charge in [-0.2, -0.15) is 5.26 Å². The van der Waals surface area contributed by atoms with Crippen molar-refractivity contribution in [1.29, 1.82) is 5.26 Å². The third-order valence-corrected chi connectivity index (χ3v) is 7.71. The van der Waals surface area contributed by atoms with Crippen molar-refractivity contribution in [2.24, 2.45) is 17.6 Å². The molecule has 4 aliphatic rings. The second-order valence-electron chi connectivity index (χ2n) is 10.1. The van der Waals surface area contributed by atoms with Gasteiger partial charge in [0.1, 0.15) is 11.9 Å². The highest BCUT2D eigenvalue weighted by molar-refractivity contribution is 5.87. The van der Waals surface area contributed by atoms with Crippen molar-refractivity contribution in [3.8, 4) is 6.07 Å². The number of piperidine rings is 1. The van der Waals surface area contributed by atoms with E-state index in [0.717, 1.165) is 24.8 Å². The van der Waals surface area contributed by atoms with Crippen molar-refractivity contribution in [1.82, 2.24) is 14.7 Å². The molecule has 32 heavy (non-hydrogen) atoms. The van der Waals surface area contributed by atoms with E-state index in [4.69, 9.17) is 5.73 Å². The van der Waals surface area contributed by atoms with Gasteiger partial charge < -0.3 is 15.5 Å². The highest BCUT2D eigenvalue weighted by Gasteiger charge is 2.56. The van der Waals surface area contributed by atoms with E-state index in [2.05, 4.69) is 19.9 Å². The number of fused-ring (bicyclic) bond motifs is 3. The smallest absolute Gasteiger partial charge is 0.242 e. The number of benzene rings is 1. The van der Waals surface area contributed by atoms with Crippen LogP contribution in [-0.2, 0) is 9.59 Å². The highest BCUT2D eigenvalue weighted by Crippen LogP contribution is 2.48. The molecule has 0 radical (unpaired) electrons. The molecule has 1 aliphatic carbocycles. The Morgan fingerprint density at radius 2 is 1.97 bits per heavy atom. The molecule has 3 heterocycles. The molecule has 2 N–H and O–H groups in total. The Morgan fingerprint density at radius 1 is 1.25 bits per heavy atom. The molecule has 3 saturated heterocycles. The van der Waals surface area contributed by atoms with E-state index in [9.17, 15) is 19.2 Å². The summed E-state index contributed by atoms with van der Waals surface area (Å²) in [4.78, 5) is 32.1. The van der Waals surface area contributed by atoms with Gasteiger partial charge in [-0.05, 0) is 48.8 Å². The van der Waals surface area contributed by atoms with Crippen LogP contribution < -0.4 is 5.73 Å². The van der Waals surface area contributed by atoms with Crippen LogP contribution in [-0.4, -0.2) is 69.8 Å². The lowest BCUT2D eigenvalue weighted by atomic mass is 9.93. The van der Waals surface area contributed by atoms with Crippen LogP contribution in [0.2, 0.25) is 0 Å². The standard InChI is InChI=1S/C24H30FN5O2/c1-13(2)22(14-3-5-16(25)6-4-14)30-18-9-21(24(30)32)28(11-18)12-19(27)23(31)29-17(10-26)7-15-8-20(15)29/h3-6,13,15,17-22H,7-9,11-12,27H2,1-2H3/t15?,17-,18-,19-,20-,21-,22-/m0/s1. The van der Waals surface area contributed by atoms with Gasteiger partial charge in [0.2, 0.25) is 11.8 Å². The first-order valence-corrected chi connectivity index (χ1v) is 11.6. The number of hydrogen-bond acceptors (Lipinski definition) is 5. The molecule has 7 atom stereocenters. The number of amides is 2. The van der Waals surface area contributed by atoms with Gasteiger partial charge in [-0.15, -0.1) is 0 Å². The van der Waals surface area contributed by atoms with E-state index in [1.165, 1.54) is 12.1 Å². The Kier molecular flexibility index (Phi) is 5.22. The van der Waals surface area contributed by atoms with Gasteiger partial charge >= 0.3 is 0 Å². The fourth-order valence-corrected chi connectivity index (χ4v) is 6.19. The van der Waals surface area contributed by atoms with Gasteiger partial charge in [0, 0.05) is 25.2 Å². The zero-order chi connectivity index (χ0) is 22.7. The maximum absolute atomic E-state index is 13.4. The summed E-state index contributed by atoms with van der Waals surface area (Å²) in [5.41, 5.74) is 7.24. The largest absolute Gasteiger partial charge is 0.330 e. The molecule has 7 nitrogen and oxygen atoms in total. The number of carbonyl (C=O) groups is 2.